The molecule has 2 amide bonds. The Morgan fingerprint density at radius 3 is 2.58 bits per heavy atom. The van der Waals surface area contributed by atoms with Crippen LogP contribution in [0, 0.1) is 5.92 Å². The highest BCUT2D eigenvalue weighted by Gasteiger charge is 2.24. The predicted octanol–water partition coefficient (Wildman–Crippen LogP) is 0.598. The average molecular weight is 337 g/mol. The highest BCUT2D eigenvalue weighted by Crippen LogP contribution is 2.19. The third-order valence-corrected chi connectivity index (χ3v) is 4.90. The number of guanidine groups is 1. The molecule has 0 spiro atoms. The molecule has 0 aromatic heterocycles. The summed E-state index contributed by atoms with van der Waals surface area (Å²) in [4.78, 5) is 29.6. The van der Waals surface area contributed by atoms with Crippen LogP contribution in [0.2, 0.25) is 0 Å². The van der Waals surface area contributed by atoms with Gasteiger partial charge in [0.15, 0.2) is 5.96 Å². The minimum Gasteiger partial charge on any atom is -0.370 e. The van der Waals surface area contributed by atoms with E-state index in [0.29, 0.717) is 12.5 Å². The Bertz CT molecular complexity index is 460. The molecule has 1 saturated carbocycles. The lowest BCUT2D eigenvalue weighted by Crippen LogP contribution is -2.50. The molecule has 2 aliphatic rings. The van der Waals surface area contributed by atoms with E-state index in [0.717, 1.165) is 44.7 Å². The maximum atomic E-state index is 12.1. The Morgan fingerprint density at radius 1 is 1.17 bits per heavy atom. The molecule has 136 valence electrons. The Hall–Kier alpha value is -1.79. The largest absolute Gasteiger partial charge is 0.370 e. The first kappa shape index (κ1) is 18.5. The van der Waals surface area contributed by atoms with E-state index in [-0.39, 0.29) is 24.3 Å². The van der Waals surface area contributed by atoms with Crippen LogP contribution >= 0.6 is 0 Å². The molecule has 0 radical (unpaired) electrons. The summed E-state index contributed by atoms with van der Waals surface area (Å²) < 4.78 is 0. The Balaban J connectivity index is 1.76. The number of amides is 2. The molecule has 1 aliphatic heterocycles. The zero-order valence-corrected chi connectivity index (χ0v) is 14.7. The molecule has 0 bridgehead atoms. The van der Waals surface area contributed by atoms with Gasteiger partial charge in [0.2, 0.25) is 11.8 Å². The lowest BCUT2D eigenvalue weighted by Gasteiger charge is -2.34. The van der Waals surface area contributed by atoms with E-state index in [2.05, 4.69) is 20.5 Å². The number of primary amides is 1. The molecule has 7 nitrogen and oxygen atoms in total. The van der Waals surface area contributed by atoms with Crippen molar-refractivity contribution in [2.75, 3.05) is 26.7 Å². The van der Waals surface area contributed by atoms with Gasteiger partial charge in [-0.2, -0.15) is 0 Å². The second kappa shape index (κ2) is 9.49. The van der Waals surface area contributed by atoms with Crippen molar-refractivity contribution in [1.82, 2.24) is 15.5 Å². The van der Waals surface area contributed by atoms with Gasteiger partial charge >= 0.3 is 0 Å². The Labute approximate surface area is 144 Å². The van der Waals surface area contributed by atoms with Gasteiger partial charge in [-0.25, -0.2) is 0 Å². The summed E-state index contributed by atoms with van der Waals surface area (Å²) in [6.45, 7) is 1.88. The van der Waals surface area contributed by atoms with Gasteiger partial charge in [-0.1, -0.05) is 19.3 Å². The SMILES string of the molecule is CN=C(NCC(=O)NC1CCCCC1)N1CCCC(CC(N)=O)C1. The van der Waals surface area contributed by atoms with Gasteiger partial charge < -0.3 is 21.3 Å². The number of likely N-dealkylation sites (tertiary alicyclic amines) is 1. The first-order chi connectivity index (χ1) is 11.6. The van der Waals surface area contributed by atoms with Gasteiger partial charge in [0, 0.05) is 32.6 Å². The number of rotatable bonds is 5. The van der Waals surface area contributed by atoms with Crippen LogP contribution in [0.25, 0.3) is 0 Å². The van der Waals surface area contributed by atoms with Crippen LogP contribution in [0.15, 0.2) is 4.99 Å². The Morgan fingerprint density at radius 2 is 1.92 bits per heavy atom. The number of nitrogens with two attached hydrogens (primary N) is 1. The van der Waals surface area contributed by atoms with E-state index < -0.39 is 0 Å². The number of hydrogen-bond acceptors (Lipinski definition) is 3. The molecule has 7 heteroatoms. The summed E-state index contributed by atoms with van der Waals surface area (Å²) in [6, 6.07) is 0.324. The summed E-state index contributed by atoms with van der Waals surface area (Å²) in [6.07, 6.45) is 8.28. The molecule has 2 rings (SSSR count). The summed E-state index contributed by atoms with van der Waals surface area (Å²) in [5, 5.41) is 6.25. The number of piperidine rings is 1. The molecule has 0 aromatic carbocycles. The topological polar surface area (TPSA) is 99.8 Å². The number of carbonyl (C=O) groups excluding carboxylic acids is 2. The third kappa shape index (κ3) is 6.02. The fraction of sp³-hybridized carbons (Fsp3) is 0.824. The minimum atomic E-state index is -0.253. The maximum absolute atomic E-state index is 12.1. The smallest absolute Gasteiger partial charge is 0.239 e. The summed E-state index contributed by atoms with van der Waals surface area (Å²) >= 11 is 0. The zero-order chi connectivity index (χ0) is 17.4. The second-order valence-corrected chi connectivity index (χ2v) is 6.93. The van der Waals surface area contributed by atoms with Gasteiger partial charge in [0.1, 0.15) is 0 Å². The van der Waals surface area contributed by atoms with Gasteiger partial charge in [0.25, 0.3) is 0 Å². The van der Waals surface area contributed by atoms with Crippen LogP contribution in [-0.2, 0) is 9.59 Å². The zero-order valence-electron chi connectivity index (χ0n) is 14.7. The number of hydrogen-bond donors (Lipinski definition) is 3. The van der Waals surface area contributed by atoms with E-state index in [4.69, 9.17) is 5.73 Å². The van der Waals surface area contributed by atoms with E-state index >= 15 is 0 Å². The number of nitrogens with zero attached hydrogens (tertiary/aromatic N) is 2. The lowest BCUT2D eigenvalue weighted by molar-refractivity contribution is -0.121. The van der Waals surface area contributed by atoms with Crippen molar-refractivity contribution in [2.45, 2.75) is 57.4 Å². The molecule has 0 aromatic rings. The highest BCUT2D eigenvalue weighted by molar-refractivity contribution is 5.86. The lowest BCUT2D eigenvalue weighted by atomic mass is 9.95. The van der Waals surface area contributed by atoms with E-state index in [1.807, 2.05) is 0 Å². The van der Waals surface area contributed by atoms with Crippen LogP contribution in [0.3, 0.4) is 0 Å². The van der Waals surface area contributed by atoms with Crippen molar-refractivity contribution >= 4 is 17.8 Å². The van der Waals surface area contributed by atoms with Crippen molar-refractivity contribution in [2.24, 2.45) is 16.6 Å². The first-order valence-corrected chi connectivity index (χ1v) is 9.11. The highest BCUT2D eigenvalue weighted by atomic mass is 16.2. The van der Waals surface area contributed by atoms with Crippen molar-refractivity contribution < 1.29 is 9.59 Å². The third-order valence-electron chi connectivity index (χ3n) is 4.90. The minimum absolute atomic E-state index is 0.0220. The van der Waals surface area contributed by atoms with E-state index in [1.54, 1.807) is 7.05 Å². The quantitative estimate of drug-likeness (QED) is 0.505. The summed E-state index contributed by atoms with van der Waals surface area (Å²) in [7, 11) is 1.72. The van der Waals surface area contributed by atoms with Crippen LogP contribution < -0.4 is 16.4 Å². The van der Waals surface area contributed by atoms with Crippen LogP contribution in [-0.4, -0.2) is 55.4 Å². The van der Waals surface area contributed by atoms with Crippen molar-refractivity contribution in [3.05, 3.63) is 0 Å². The summed E-state index contributed by atoms with van der Waals surface area (Å²) in [5.41, 5.74) is 5.31. The van der Waals surface area contributed by atoms with E-state index in [9.17, 15) is 9.59 Å². The van der Waals surface area contributed by atoms with Crippen LogP contribution in [0.4, 0.5) is 0 Å². The maximum Gasteiger partial charge on any atom is 0.239 e. The molecule has 1 heterocycles. The van der Waals surface area contributed by atoms with Crippen molar-refractivity contribution in [3.8, 4) is 0 Å². The predicted molar refractivity (Wildman–Crippen MR) is 94.5 cm³/mol. The second-order valence-electron chi connectivity index (χ2n) is 6.93. The van der Waals surface area contributed by atoms with Crippen LogP contribution in [0.5, 0.6) is 0 Å². The molecular weight excluding hydrogens is 306 g/mol. The number of carbonyl (C=O) groups is 2. The fourth-order valence-electron chi connectivity index (χ4n) is 3.73. The molecule has 4 N–H and O–H groups in total. The normalized spacial score (nSPS) is 23.0. The molecule has 1 unspecified atom stereocenters. The molecule has 1 atom stereocenters. The van der Waals surface area contributed by atoms with Gasteiger partial charge in [0.05, 0.1) is 6.54 Å². The Kier molecular flexibility index (Phi) is 7.34. The van der Waals surface area contributed by atoms with Gasteiger partial charge in [-0.3, -0.25) is 14.6 Å². The number of nitrogens with one attached hydrogen (secondary N) is 2. The molecule has 1 saturated heterocycles. The van der Waals surface area contributed by atoms with Crippen molar-refractivity contribution in [1.29, 1.82) is 0 Å². The molecule has 24 heavy (non-hydrogen) atoms. The van der Waals surface area contributed by atoms with Gasteiger partial charge in [-0.15, -0.1) is 0 Å². The van der Waals surface area contributed by atoms with Gasteiger partial charge in [-0.05, 0) is 31.6 Å². The van der Waals surface area contributed by atoms with E-state index in [1.165, 1.54) is 19.3 Å². The first-order valence-electron chi connectivity index (χ1n) is 9.11. The molecule has 1 aliphatic carbocycles. The standard InChI is InChI=1S/C17H31N5O2/c1-19-17(22-9-5-6-13(12-22)10-15(18)23)20-11-16(24)21-14-7-3-2-4-8-14/h13-14H,2-12H2,1H3,(H2,18,23)(H,19,20)(H,21,24). The monoisotopic (exact) mass is 337 g/mol. The van der Waals surface area contributed by atoms with Crippen molar-refractivity contribution in [3.63, 3.8) is 0 Å². The summed E-state index contributed by atoms with van der Waals surface area (Å²) in [5.74, 6) is 0.763. The molecule has 2 fully saturated rings. The number of aliphatic imine (C=N–C) groups is 1. The fourth-order valence-corrected chi connectivity index (χ4v) is 3.73. The van der Waals surface area contributed by atoms with Crippen LogP contribution in [0.1, 0.15) is 51.4 Å². The molecular formula is C17H31N5O2. The average Bonchev–Trinajstić information content (AvgIpc) is 2.56.